The molecular formula is C14H29NO. The minimum atomic E-state index is -0.554. The minimum Gasteiger partial charge on any atom is -0.389 e. The Kier molecular flexibility index (Phi) is 5.26. The fourth-order valence-electron chi connectivity index (χ4n) is 2.66. The normalized spacial score (nSPS) is 22.9. The van der Waals surface area contributed by atoms with Crippen LogP contribution < -0.4 is 5.32 Å². The van der Waals surface area contributed by atoms with Crippen molar-refractivity contribution in [2.45, 2.75) is 71.4 Å². The van der Waals surface area contributed by atoms with Crippen LogP contribution in [-0.4, -0.2) is 23.3 Å². The van der Waals surface area contributed by atoms with Crippen LogP contribution in [0.25, 0.3) is 0 Å². The third-order valence-electron chi connectivity index (χ3n) is 3.59. The Balaban J connectivity index is 2.15. The van der Waals surface area contributed by atoms with Gasteiger partial charge in [-0.15, -0.1) is 0 Å². The molecule has 1 rings (SSSR count). The zero-order valence-corrected chi connectivity index (χ0v) is 11.4. The average molecular weight is 227 g/mol. The predicted octanol–water partition coefficient (Wildman–Crippen LogP) is 2.95. The summed E-state index contributed by atoms with van der Waals surface area (Å²) < 4.78 is 0. The van der Waals surface area contributed by atoms with E-state index >= 15 is 0 Å². The maximum absolute atomic E-state index is 10.2. The Morgan fingerprint density at radius 1 is 1.31 bits per heavy atom. The van der Waals surface area contributed by atoms with E-state index in [1.807, 2.05) is 6.92 Å². The van der Waals surface area contributed by atoms with E-state index in [9.17, 15) is 5.11 Å². The van der Waals surface area contributed by atoms with Gasteiger partial charge < -0.3 is 10.4 Å². The molecule has 2 unspecified atom stereocenters. The maximum atomic E-state index is 10.2. The van der Waals surface area contributed by atoms with Gasteiger partial charge in [-0.05, 0) is 38.5 Å². The second-order valence-corrected chi connectivity index (χ2v) is 6.41. The maximum Gasteiger partial charge on any atom is 0.0746 e. The summed E-state index contributed by atoms with van der Waals surface area (Å²) in [5.41, 5.74) is -0.554. The van der Waals surface area contributed by atoms with Crippen molar-refractivity contribution >= 4 is 0 Å². The first-order chi connectivity index (χ1) is 7.39. The Hall–Kier alpha value is -0.0800. The van der Waals surface area contributed by atoms with E-state index in [0.717, 1.165) is 18.9 Å². The van der Waals surface area contributed by atoms with E-state index in [0.29, 0.717) is 12.0 Å². The Labute approximate surface area is 101 Å². The lowest BCUT2D eigenvalue weighted by Gasteiger charge is -2.31. The van der Waals surface area contributed by atoms with Gasteiger partial charge in [0, 0.05) is 12.6 Å². The van der Waals surface area contributed by atoms with Gasteiger partial charge in [0.25, 0.3) is 0 Å². The third kappa shape index (κ3) is 5.31. The first-order valence-electron chi connectivity index (χ1n) is 6.85. The summed E-state index contributed by atoms with van der Waals surface area (Å²) >= 11 is 0. The first-order valence-corrected chi connectivity index (χ1v) is 6.85. The average Bonchev–Trinajstić information content (AvgIpc) is 2.06. The summed E-state index contributed by atoms with van der Waals surface area (Å²) in [6, 6.07) is 0.545. The van der Waals surface area contributed by atoms with Crippen molar-refractivity contribution < 1.29 is 5.11 Å². The lowest BCUT2D eigenvalue weighted by Crippen LogP contribution is -2.43. The van der Waals surface area contributed by atoms with Crippen molar-refractivity contribution in [3.8, 4) is 0 Å². The molecule has 1 aliphatic carbocycles. The minimum absolute atomic E-state index is 0.545. The van der Waals surface area contributed by atoms with Crippen LogP contribution in [0, 0.1) is 11.8 Å². The lowest BCUT2D eigenvalue weighted by molar-refractivity contribution is 0.0351. The molecule has 0 heterocycles. The second kappa shape index (κ2) is 6.02. The van der Waals surface area contributed by atoms with Crippen LogP contribution in [0.1, 0.15) is 59.8 Å². The number of aliphatic hydroxyl groups is 1. The van der Waals surface area contributed by atoms with Gasteiger partial charge in [0.2, 0.25) is 0 Å². The largest absolute Gasteiger partial charge is 0.389 e. The van der Waals surface area contributed by atoms with Gasteiger partial charge in [0.05, 0.1) is 5.60 Å². The SMILES string of the molecule is CC(C)CC(C)(O)CNC(C)CC1CCC1. The van der Waals surface area contributed by atoms with E-state index in [2.05, 4.69) is 26.1 Å². The molecule has 0 saturated heterocycles. The summed E-state index contributed by atoms with van der Waals surface area (Å²) in [5, 5.41) is 13.7. The number of hydrogen-bond donors (Lipinski definition) is 2. The fourth-order valence-corrected chi connectivity index (χ4v) is 2.66. The molecule has 1 fully saturated rings. The van der Waals surface area contributed by atoms with Gasteiger partial charge in [-0.25, -0.2) is 0 Å². The van der Waals surface area contributed by atoms with Crippen molar-refractivity contribution in [2.24, 2.45) is 11.8 Å². The molecule has 2 atom stereocenters. The standard InChI is InChI=1S/C14H29NO/c1-11(2)9-14(4,16)10-15-12(3)8-13-6-5-7-13/h11-13,15-16H,5-10H2,1-4H3. The van der Waals surface area contributed by atoms with E-state index < -0.39 is 5.60 Å². The van der Waals surface area contributed by atoms with E-state index in [1.165, 1.54) is 25.7 Å². The quantitative estimate of drug-likeness (QED) is 0.701. The Morgan fingerprint density at radius 3 is 2.38 bits per heavy atom. The summed E-state index contributed by atoms with van der Waals surface area (Å²) in [5.74, 6) is 1.50. The first kappa shape index (κ1) is 14.0. The molecule has 1 aliphatic rings. The molecule has 2 nitrogen and oxygen atoms in total. The highest BCUT2D eigenvalue weighted by Crippen LogP contribution is 2.30. The summed E-state index contributed by atoms with van der Waals surface area (Å²) in [6.07, 6.45) is 6.39. The van der Waals surface area contributed by atoms with Crippen LogP contribution in [0.4, 0.5) is 0 Å². The molecule has 96 valence electrons. The summed E-state index contributed by atoms with van der Waals surface area (Å²) in [4.78, 5) is 0. The highest BCUT2D eigenvalue weighted by Gasteiger charge is 2.24. The van der Waals surface area contributed by atoms with Gasteiger partial charge in [-0.2, -0.15) is 0 Å². The smallest absolute Gasteiger partial charge is 0.0746 e. The van der Waals surface area contributed by atoms with E-state index in [4.69, 9.17) is 0 Å². The highest BCUT2D eigenvalue weighted by molar-refractivity contribution is 4.80. The number of rotatable bonds is 7. The molecule has 0 bridgehead atoms. The van der Waals surface area contributed by atoms with Crippen molar-refractivity contribution in [1.82, 2.24) is 5.32 Å². The number of nitrogens with one attached hydrogen (secondary N) is 1. The van der Waals surface area contributed by atoms with Gasteiger partial charge >= 0.3 is 0 Å². The summed E-state index contributed by atoms with van der Waals surface area (Å²) in [7, 11) is 0. The van der Waals surface area contributed by atoms with Gasteiger partial charge in [0.15, 0.2) is 0 Å². The molecule has 1 saturated carbocycles. The molecule has 0 aromatic carbocycles. The van der Waals surface area contributed by atoms with Crippen molar-refractivity contribution in [2.75, 3.05) is 6.54 Å². The molecule has 0 aliphatic heterocycles. The third-order valence-corrected chi connectivity index (χ3v) is 3.59. The highest BCUT2D eigenvalue weighted by atomic mass is 16.3. The fraction of sp³-hybridized carbons (Fsp3) is 1.00. The van der Waals surface area contributed by atoms with Crippen LogP contribution in [0.5, 0.6) is 0 Å². The molecule has 0 amide bonds. The molecule has 0 aromatic heterocycles. The molecular weight excluding hydrogens is 198 g/mol. The lowest BCUT2D eigenvalue weighted by atomic mass is 9.81. The molecule has 2 heteroatoms. The monoisotopic (exact) mass is 227 g/mol. The van der Waals surface area contributed by atoms with Crippen LogP contribution >= 0.6 is 0 Å². The van der Waals surface area contributed by atoms with Crippen molar-refractivity contribution in [1.29, 1.82) is 0 Å². The molecule has 2 N–H and O–H groups in total. The number of hydrogen-bond acceptors (Lipinski definition) is 2. The van der Waals surface area contributed by atoms with E-state index in [-0.39, 0.29) is 0 Å². The zero-order chi connectivity index (χ0) is 12.2. The molecule has 0 radical (unpaired) electrons. The molecule has 16 heavy (non-hydrogen) atoms. The van der Waals surface area contributed by atoms with Crippen LogP contribution in [0.15, 0.2) is 0 Å². The van der Waals surface area contributed by atoms with Crippen molar-refractivity contribution in [3.05, 3.63) is 0 Å². The van der Waals surface area contributed by atoms with Crippen LogP contribution in [0.3, 0.4) is 0 Å². The predicted molar refractivity (Wildman–Crippen MR) is 69.5 cm³/mol. The topological polar surface area (TPSA) is 32.3 Å². The molecule has 0 aromatic rings. The molecule has 0 spiro atoms. The summed E-state index contributed by atoms with van der Waals surface area (Å²) in [6.45, 7) is 9.22. The van der Waals surface area contributed by atoms with E-state index in [1.54, 1.807) is 0 Å². The Morgan fingerprint density at radius 2 is 1.94 bits per heavy atom. The second-order valence-electron chi connectivity index (χ2n) is 6.41. The van der Waals surface area contributed by atoms with Gasteiger partial charge in [-0.1, -0.05) is 33.1 Å². The van der Waals surface area contributed by atoms with Gasteiger partial charge in [-0.3, -0.25) is 0 Å². The zero-order valence-electron chi connectivity index (χ0n) is 11.4. The van der Waals surface area contributed by atoms with Crippen LogP contribution in [0.2, 0.25) is 0 Å². The van der Waals surface area contributed by atoms with Crippen LogP contribution in [-0.2, 0) is 0 Å². The van der Waals surface area contributed by atoms with Gasteiger partial charge in [0.1, 0.15) is 0 Å². The Bertz CT molecular complexity index is 197. The van der Waals surface area contributed by atoms with Crippen molar-refractivity contribution in [3.63, 3.8) is 0 Å².